The lowest BCUT2D eigenvalue weighted by molar-refractivity contribution is 0.0685. The summed E-state index contributed by atoms with van der Waals surface area (Å²) in [6.45, 7) is 4.88. The Kier molecular flexibility index (Phi) is 8.34. The van der Waals surface area contributed by atoms with Gasteiger partial charge in [0, 0.05) is 25.0 Å². The second kappa shape index (κ2) is 11.6. The van der Waals surface area contributed by atoms with Gasteiger partial charge in [0.2, 0.25) is 0 Å². The van der Waals surface area contributed by atoms with E-state index in [2.05, 4.69) is 34.5 Å². The van der Waals surface area contributed by atoms with Crippen molar-refractivity contribution in [3.05, 3.63) is 107 Å². The molecular formula is C26H28N4O4. The molecule has 8 nitrogen and oxygen atoms in total. The zero-order valence-electron chi connectivity index (χ0n) is 19.3. The number of carbonyl (C=O) groups is 2. The summed E-state index contributed by atoms with van der Waals surface area (Å²) in [4.78, 5) is 21.7. The van der Waals surface area contributed by atoms with Crippen LogP contribution in [-0.2, 0) is 25.9 Å². The van der Waals surface area contributed by atoms with Gasteiger partial charge in [-0.2, -0.15) is 10.2 Å². The zero-order chi connectivity index (χ0) is 24.5. The van der Waals surface area contributed by atoms with Crippen molar-refractivity contribution in [1.29, 1.82) is 0 Å². The molecule has 0 saturated carbocycles. The van der Waals surface area contributed by atoms with E-state index >= 15 is 0 Å². The SMILES string of the molecule is Cc1c(C(=O)O)cnn1CCc1ccccc1.Cc1nn(CCc2ccccc2)cc1C(=O)O. The molecule has 8 heteroatoms. The Labute approximate surface area is 198 Å². The van der Waals surface area contributed by atoms with Crippen molar-refractivity contribution in [2.45, 2.75) is 39.8 Å². The van der Waals surface area contributed by atoms with Crippen LogP contribution in [0.1, 0.15) is 43.2 Å². The average molecular weight is 461 g/mol. The second-order valence-electron chi connectivity index (χ2n) is 7.84. The third kappa shape index (κ3) is 6.65. The highest BCUT2D eigenvalue weighted by Crippen LogP contribution is 2.09. The molecule has 0 atom stereocenters. The summed E-state index contributed by atoms with van der Waals surface area (Å²) < 4.78 is 3.42. The molecule has 0 aliphatic heterocycles. The maximum Gasteiger partial charge on any atom is 0.339 e. The highest BCUT2D eigenvalue weighted by Gasteiger charge is 2.12. The van der Waals surface area contributed by atoms with E-state index in [-0.39, 0.29) is 11.1 Å². The van der Waals surface area contributed by atoms with Crippen molar-refractivity contribution in [2.24, 2.45) is 0 Å². The van der Waals surface area contributed by atoms with Crippen molar-refractivity contribution < 1.29 is 19.8 Å². The Morgan fingerprint density at radius 3 is 1.79 bits per heavy atom. The van der Waals surface area contributed by atoms with Gasteiger partial charge in [0.05, 0.1) is 11.9 Å². The molecule has 0 saturated heterocycles. The van der Waals surface area contributed by atoms with Crippen LogP contribution in [0.4, 0.5) is 0 Å². The molecule has 4 rings (SSSR count). The van der Waals surface area contributed by atoms with Crippen LogP contribution in [0.5, 0.6) is 0 Å². The molecule has 0 amide bonds. The van der Waals surface area contributed by atoms with E-state index in [0.717, 1.165) is 12.8 Å². The topological polar surface area (TPSA) is 110 Å². The van der Waals surface area contributed by atoms with Gasteiger partial charge in [-0.1, -0.05) is 60.7 Å². The van der Waals surface area contributed by atoms with Crippen molar-refractivity contribution in [1.82, 2.24) is 19.6 Å². The van der Waals surface area contributed by atoms with Crippen LogP contribution in [-0.4, -0.2) is 41.7 Å². The maximum absolute atomic E-state index is 10.9. The van der Waals surface area contributed by atoms with Crippen LogP contribution in [0.25, 0.3) is 0 Å². The van der Waals surface area contributed by atoms with Gasteiger partial charge in [-0.15, -0.1) is 0 Å². The van der Waals surface area contributed by atoms with Crippen molar-refractivity contribution in [3.8, 4) is 0 Å². The van der Waals surface area contributed by atoms with Crippen LogP contribution in [0, 0.1) is 13.8 Å². The molecule has 0 unspecified atom stereocenters. The van der Waals surface area contributed by atoms with E-state index in [0.29, 0.717) is 24.5 Å². The summed E-state index contributed by atoms with van der Waals surface area (Å²) in [6.07, 6.45) is 4.69. The Hall–Kier alpha value is -4.20. The summed E-state index contributed by atoms with van der Waals surface area (Å²) in [5, 5.41) is 26.1. The molecule has 2 N–H and O–H groups in total. The average Bonchev–Trinajstić information content (AvgIpc) is 3.40. The van der Waals surface area contributed by atoms with E-state index in [4.69, 9.17) is 10.2 Å². The summed E-state index contributed by atoms with van der Waals surface area (Å²) in [5.41, 5.74) is 4.26. The number of aromatic carboxylic acids is 2. The largest absolute Gasteiger partial charge is 0.478 e. The number of carboxylic acids is 2. The second-order valence-corrected chi connectivity index (χ2v) is 7.84. The number of hydrogen-bond donors (Lipinski definition) is 2. The molecule has 0 bridgehead atoms. The number of carboxylic acid groups (broad SMARTS) is 2. The third-order valence-electron chi connectivity index (χ3n) is 5.44. The predicted molar refractivity (Wildman–Crippen MR) is 128 cm³/mol. The fourth-order valence-electron chi connectivity index (χ4n) is 3.49. The van der Waals surface area contributed by atoms with Gasteiger partial charge in [0.15, 0.2) is 0 Å². The fraction of sp³-hybridized carbons (Fsp3) is 0.231. The number of nitrogens with zero attached hydrogens (tertiary/aromatic N) is 4. The number of rotatable bonds is 8. The molecule has 34 heavy (non-hydrogen) atoms. The lowest BCUT2D eigenvalue weighted by Crippen LogP contribution is -2.06. The Bertz CT molecular complexity index is 1220. The molecular weight excluding hydrogens is 432 g/mol. The first-order valence-corrected chi connectivity index (χ1v) is 11.0. The summed E-state index contributed by atoms with van der Waals surface area (Å²) >= 11 is 0. The van der Waals surface area contributed by atoms with Crippen molar-refractivity contribution >= 4 is 11.9 Å². The van der Waals surface area contributed by atoms with Gasteiger partial charge >= 0.3 is 11.9 Å². The Morgan fingerprint density at radius 1 is 0.794 bits per heavy atom. The molecule has 2 aromatic heterocycles. The first-order valence-electron chi connectivity index (χ1n) is 11.0. The molecule has 0 aliphatic rings. The number of hydrogen-bond acceptors (Lipinski definition) is 4. The Balaban J connectivity index is 0.000000191. The van der Waals surface area contributed by atoms with Crippen LogP contribution >= 0.6 is 0 Å². The van der Waals surface area contributed by atoms with E-state index in [9.17, 15) is 9.59 Å². The molecule has 0 radical (unpaired) electrons. The molecule has 0 fully saturated rings. The number of benzene rings is 2. The lowest BCUT2D eigenvalue weighted by Gasteiger charge is -2.04. The molecule has 4 aromatic rings. The molecule has 2 heterocycles. The smallest absolute Gasteiger partial charge is 0.339 e. The van der Waals surface area contributed by atoms with Gasteiger partial charge in [0.1, 0.15) is 11.1 Å². The van der Waals surface area contributed by atoms with E-state index < -0.39 is 11.9 Å². The fourth-order valence-corrected chi connectivity index (χ4v) is 3.49. The van der Waals surface area contributed by atoms with Gasteiger partial charge in [0.25, 0.3) is 0 Å². The van der Waals surface area contributed by atoms with Crippen LogP contribution in [0.2, 0.25) is 0 Å². The molecule has 0 spiro atoms. The first kappa shape index (κ1) is 24.4. The van der Waals surface area contributed by atoms with Gasteiger partial charge in [-0.3, -0.25) is 9.36 Å². The monoisotopic (exact) mass is 460 g/mol. The Morgan fingerprint density at radius 2 is 1.32 bits per heavy atom. The zero-order valence-corrected chi connectivity index (χ0v) is 19.3. The minimum Gasteiger partial charge on any atom is -0.478 e. The van der Waals surface area contributed by atoms with E-state index in [1.807, 2.05) is 36.4 Å². The minimum absolute atomic E-state index is 0.276. The summed E-state index contributed by atoms with van der Waals surface area (Å²) in [5.74, 6) is -1.85. The lowest BCUT2D eigenvalue weighted by atomic mass is 10.1. The van der Waals surface area contributed by atoms with Gasteiger partial charge < -0.3 is 10.2 Å². The quantitative estimate of drug-likeness (QED) is 0.406. The maximum atomic E-state index is 10.9. The third-order valence-corrected chi connectivity index (χ3v) is 5.44. The van der Waals surface area contributed by atoms with Crippen LogP contribution in [0.15, 0.2) is 73.1 Å². The molecule has 176 valence electrons. The van der Waals surface area contributed by atoms with Gasteiger partial charge in [-0.05, 0) is 37.8 Å². The number of aryl methyl sites for hydroxylation is 5. The normalized spacial score (nSPS) is 10.4. The van der Waals surface area contributed by atoms with E-state index in [1.165, 1.54) is 17.3 Å². The van der Waals surface area contributed by atoms with Crippen molar-refractivity contribution in [2.75, 3.05) is 0 Å². The first-order chi connectivity index (χ1) is 16.3. The molecule has 0 aliphatic carbocycles. The van der Waals surface area contributed by atoms with E-state index in [1.54, 1.807) is 29.4 Å². The summed E-state index contributed by atoms with van der Waals surface area (Å²) in [6, 6.07) is 20.1. The highest BCUT2D eigenvalue weighted by molar-refractivity contribution is 5.88. The number of aromatic nitrogens is 4. The standard InChI is InChI=1S/2C13H14N2O2/c1-10-12(13(16)17)9-15(14-10)8-7-11-5-3-2-4-6-11;1-10-12(13(16)17)9-14-15(10)8-7-11-5-3-2-4-6-11/h2*2-6,9H,7-8H2,1H3,(H,16,17). The minimum atomic E-state index is -0.923. The molecule has 2 aromatic carbocycles. The highest BCUT2D eigenvalue weighted by atomic mass is 16.4. The van der Waals surface area contributed by atoms with Gasteiger partial charge in [-0.25, -0.2) is 9.59 Å². The van der Waals surface area contributed by atoms with Crippen LogP contribution in [0.3, 0.4) is 0 Å². The van der Waals surface area contributed by atoms with Crippen LogP contribution < -0.4 is 0 Å². The van der Waals surface area contributed by atoms with Crippen molar-refractivity contribution in [3.63, 3.8) is 0 Å². The summed E-state index contributed by atoms with van der Waals surface area (Å²) in [7, 11) is 0. The predicted octanol–water partition coefficient (Wildman–Crippen LogP) is 4.26.